The SMILES string of the molecule is Nc1ccc(-n2cc(-c3cccc(Br)c3)nn2)cc1. The molecule has 0 atom stereocenters. The standard InChI is InChI=1S/C14H11BrN4/c15-11-3-1-2-10(8-11)14-9-19(18-17-14)13-6-4-12(16)5-7-13/h1-9H,16H2. The highest BCUT2D eigenvalue weighted by atomic mass is 79.9. The molecular weight excluding hydrogens is 304 g/mol. The van der Waals surface area contributed by atoms with E-state index >= 15 is 0 Å². The van der Waals surface area contributed by atoms with E-state index in [2.05, 4.69) is 26.2 Å². The first-order valence-corrected chi connectivity index (χ1v) is 6.56. The summed E-state index contributed by atoms with van der Waals surface area (Å²) in [7, 11) is 0. The zero-order valence-corrected chi connectivity index (χ0v) is 11.6. The lowest BCUT2D eigenvalue weighted by Gasteiger charge is -1.99. The largest absolute Gasteiger partial charge is 0.399 e. The first-order valence-electron chi connectivity index (χ1n) is 5.76. The third-order valence-corrected chi connectivity index (χ3v) is 3.26. The van der Waals surface area contributed by atoms with E-state index in [1.807, 2.05) is 54.7 Å². The maximum absolute atomic E-state index is 5.67. The molecule has 3 rings (SSSR count). The van der Waals surface area contributed by atoms with Crippen molar-refractivity contribution in [1.82, 2.24) is 15.0 Å². The summed E-state index contributed by atoms with van der Waals surface area (Å²) in [5, 5.41) is 8.32. The van der Waals surface area contributed by atoms with E-state index in [9.17, 15) is 0 Å². The van der Waals surface area contributed by atoms with Gasteiger partial charge in [-0.15, -0.1) is 5.10 Å². The molecule has 1 heterocycles. The minimum atomic E-state index is 0.732. The predicted octanol–water partition coefficient (Wildman–Crippen LogP) is 3.28. The number of nitrogen functional groups attached to an aromatic ring is 1. The van der Waals surface area contributed by atoms with Gasteiger partial charge in [-0.3, -0.25) is 0 Å². The van der Waals surface area contributed by atoms with Gasteiger partial charge in [0.1, 0.15) is 5.69 Å². The molecule has 0 aliphatic rings. The van der Waals surface area contributed by atoms with Crippen LogP contribution < -0.4 is 5.73 Å². The lowest BCUT2D eigenvalue weighted by Crippen LogP contribution is -1.95. The number of hydrogen-bond acceptors (Lipinski definition) is 3. The molecule has 2 aromatic carbocycles. The van der Waals surface area contributed by atoms with Gasteiger partial charge >= 0.3 is 0 Å². The lowest BCUT2D eigenvalue weighted by atomic mass is 10.2. The molecule has 0 radical (unpaired) electrons. The van der Waals surface area contributed by atoms with E-state index in [1.54, 1.807) is 4.68 Å². The van der Waals surface area contributed by atoms with Crippen LogP contribution in [0.15, 0.2) is 59.2 Å². The zero-order chi connectivity index (χ0) is 13.2. The summed E-state index contributed by atoms with van der Waals surface area (Å²) in [5.41, 5.74) is 9.19. The molecule has 4 nitrogen and oxygen atoms in total. The summed E-state index contributed by atoms with van der Waals surface area (Å²) in [6.45, 7) is 0. The van der Waals surface area contributed by atoms with E-state index in [0.29, 0.717) is 0 Å². The average molecular weight is 315 g/mol. The Morgan fingerprint density at radius 1 is 1.05 bits per heavy atom. The van der Waals surface area contributed by atoms with Crippen LogP contribution in [0.1, 0.15) is 0 Å². The second-order valence-electron chi connectivity index (χ2n) is 4.15. The van der Waals surface area contributed by atoms with E-state index in [1.165, 1.54) is 0 Å². The first kappa shape index (κ1) is 11.9. The second-order valence-corrected chi connectivity index (χ2v) is 5.07. The van der Waals surface area contributed by atoms with Crippen LogP contribution in [0.4, 0.5) is 5.69 Å². The van der Waals surface area contributed by atoms with E-state index in [0.717, 1.165) is 27.1 Å². The lowest BCUT2D eigenvalue weighted by molar-refractivity contribution is 0.804. The molecule has 0 unspecified atom stereocenters. The molecule has 0 fully saturated rings. The van der Waals surface area contributed by atoms with Crippen molar-refractivity contribution >= 4 is 21.6 Å². The van der Waals surface area contributed by atoms with Gasteiger partial charge in [0.05, 0.1) is 11.9 Å². The highest BCUT2D eigenvalue weighted by Gasteiger charge is 2.05. The van der Waals surface area contributed by atoms with Crippen molar-refractivity contribution < 1.29 is 0 Å². The number of aromatic nitrogens is 3. The number of nitrogens with two attached hydrogens (primary N) is 1. The Kier molecular flexibility index (Phi) is 3.05. The van der Waals surface area contributed by atoms with Crippen molar-refractivity contribution in [3.05, 3.63) is 59.2 Å². The summed E-state index contributed by atoms with van der Waals surface area (Å²) in [5.74, 6) is 0. The van der Waals surface area contributed by atoms with Crippen LogP contribution in [0, 0.1) is 0 Å². The Balaban J connectivity index is 1.97. The van der Waals surface area contributed by atoms with Gasteiger partial charge in [-0.25, -0.2) is 4.68 Å². The number of benzene rings is 2. The van der Waals surface area contributed by atoms with Crippen LogP contribution in [-0.4, -0.2) is 15.0 Å². The van der Waals surface area contributed by atoms with Crippen LogP contribution in [0.25, 0.3) is 16.9 Å². The Labute approximate surface area is 119 Å². The molecule has 1 aromatic heterocycles. The van der Waals surface area contributed by atoms with Crippen LogP contribution in [0.2, 0.25) is 0 Å². The molecule has 0 spiro atoms. The molecule has 0 saturated carbocycles. The van der Waals surface area contributed by atoms with Crippen LogP contribution in [0.3, 0.4) is 0 Å². The molecule has 94 valence electrons. The number of rotatable bonds is 2. The molecule has 0 aliphatic heterocycles. The molecule has 19 heavy (non-hydrogen) atoms. The maximum Gasteiger partial charge on any atom is 0.113 e. The summed E-state index contributed by atoms with van der Waals surface area (Å²) in [6, 6.07) is 15.5. The monoisotopic (exact) mass is 314 g/mol. The maximum atomic E-state index is 5.67. The summed E-state index contributed by atoms with van der Waals surface area (Å²) in [4.78, 5) is 0. The van der Waals surface area contributed by atoms with Crippen molar-refractivity contribution in [2.24, 2.45) is 0 Å². The fourth-order valence-electron chi connectivity index (χ4n) is 1.80. The minimum absolute atomic E-state index is 0.732. The van der Waals surface area contributed by atoms with Crippen LogP contribution >= 0.6 is 15.9 Å². The third-order valence-electron chi connectivity index (χ3n) is 2.77. The van der Waals surface area contributed by atoms with Crippen molar-refractivity contribution in [1.29, 1.82) is 0 Å². The van der Waals surface area contributed by atoms with Crippen molar-refractivity contribution in [2.45, 2.75) is 0 Å². The molecule has 3 aromatic rings. The summed E-state index contributed by atoms with van der Waals surface area (Å²) in [6.07, 6.45) is 1.90. The quantitative estimate of drug-likeness (QED) is 0.738. The minimum Gasteiger partial charge on any atom is -0.399 e. The smallest absolute Gasteiger partial charge is 0.113 e. The summed E-state index contributed by atoms with van der Waals surface area (Å²) >= 11 is 3.45. The summed E-state index contributed by atoms with van der Waals surface area (Å²) < 4.78 is 2.75. The van der Waals surface area contributed by atoms with Gasteiger partial charge in [-0.1, -0.05) is 33.3 Å². The number of halogens is 1. The van der Waals surface area contributed by atoms with E-state index < -0.39 is 0 Å². The fourth-order valence-corrected chi connectivity index (χ4v) is 2.20. The van der Waals surface area contributed by atoms with Gasteiger partial charge in [-0.2, -0.15) is 0 Å². The van der Waals surface area contributed by atoms with Crippen molar-refractivity contribution in [2.75, 3.05) is 5.73 Å². The molecule has 0 saturated heterocycles. The third kappa shape index (κ3) is 2.51. The Morgan fingerprint density at radius 3 is 2.58 bits per heavy atom. The van der Waals surface area contributed by atoms with Gasteiger partial charge in [0.25, 0.3) is 0 Å². The van der Waals surface area contributed by atoms with Crippen molar-refractivity contribution in [3.8, 4) is 16.9 Å². The predicted molar refractivity (Wildman–Crippen MR) is 78.9 cm³/mol. The van der Waals surface area contributed by atoms with Gasteiger partial charge in [0.2, 0.25) is 0 Å². The highest BCUT2D eigenvalue weighted by Crippen LogP contribution is 2.21. The van der Waals surface area contributed by atoms with Crippen LogP contribution in [0.5, 0.6) is 0 Å². The number of nitrogens with zero attached hydrogens (tertiary/aromatic N) is 3. The average Bonchev–Trinajstić information content (AvgIpc) is 2.89. The topological polar surface area (TPSA) is 56.7 Å². The molecular formula is C14H11BrN4. The van der Waals surface area contributed by atoms with Gasteiger partial charge in [-0.05, 0) is 36.4 Å². The molecule has 2 N–H and O–H groups in total. The van der Waals surface area contributed by atoms with Gasteiger partial charge < -0.3 is 5.73 Å². The normalized spacial score (nSPS) is 10.6. The Hall–Kier alpha value is -2.14. The number of hydrogen-bond donors (Lipinski definition) is 1. The zero-order valence-electron chi connectivity index (χ0n) is 9.99. The number of anilines is 1. The van der Waals surface area contributed by atoms with Crippen LogP contribution in [-0.2, 0) is 0 Å². The molecule has 0 aliphatic carbocycles. The molecule has 5 heteroatoms. The fraction of sp³-hybridized carbons (Fsp3) is 0. The van der Waals surface area contributed by atoms with Crippen molar-refractivity contribution in [3.63, 3.8) is 0 Å². The van der Waals surface area contributed by atoms with Gasteiger partial charge in [0.15, 0.2) is 0 Å². The Morgan fingerprint density at radius 2 is 1.84 bits per heavy atom. The highest BCUT2D eigenvalue weighted by molar-refractivity contribution is 9.10. The molecule has 0 amide bonds. The van der Waals surface area contributed by atoms with Gasteiger partial charge in [0, 0.05) is 15.7 Å². The second kappa shape index (κ2) is 4.85. The van der Waals surface area contributed by atoms with E-state index in [4.69, 9.17) is 5.73 Å². The Bertz CT molecular complexity index is 703. The van der Waals surface area contributed by atoms with E-state index in [-0.39, 0.29) is 0 Å². The molecule has 0 bridgehead atoms. The first-order chi connectivity index (χ1) is 9.22.